The number of hydrogen-bond acceptors (Lipinski definition) is 5. The van der Waals surface area contributed by atoms with E-state index in [1.807, 2.05) is 6.92 Å². The van der Waals surface area contributed by atoms with Crippen molar-refractivity contribution in [1.29, 1.82) is 5.26 Å². The number of hydrogen-bond donors (Lipinski definition) is 0. The maximum absolute atomic E-state index is 13.0. The van der Waals surface area contributed by atoms with Gasteiger partial charge < -0.3 is 9.47 Å². The molecule has 0 N–H and O–H groups in total. The molecular formula is C16H18FN5O2. The van der Waals surface area contributed by atoms with E-state index in [0.29, 0.717) is 18.9 Å². The zero-order valence-electron chi connectivity index (χ0n) is 13.4. The molecule has 1 aromatic heterocycles. The van der Waals surface area contributed by atoms with E-state index >= 15 is 0 Å². The average molecular weight is 331 g/mol. The summed E-state index contributed by atoms with van der Waals surface area (Å²) in [5.41, 5.74) is -0.0648. The Balaban J connectivity index is 1.59. The molecule has 8 heteroatoms. The van der Waals surface area contributed by atoms with E-state index < -0.39 is 6.04 Å². The number of nitriles is 1. The molecule has 0 spiro atoms. The molecule has 0 radical (unpaired) electrons. The third-order valence-electron chi connectivity index (χ3n) is 4.41. The lowest BCUT2D eigenvalue weighted by atomic mass is 10.0. The summed E-state index contributed by atoms with van der Waals surface area (Å²) in [5.74, 6) is 0.473. The van der Waals surface area contributed by atoms with Crippen molar-refractivity contribution in [2.24, 2.45) is 5.92 Å². The summed E-state index contributed by atoms with van der Waals surface area (Å²) in [6.45, 7) is 4.60. The second-order valence-electron chi connectivity index (χ2n) is 6.22. The molecule has 2 aliphatic rings. The Bertz CT molecular complexity index is 729. The Morgan fingerprint density at radius 2 is 2.21 bits per heavy atom. The van der Waals surface area contributed by atoms with Gasteiger partial charge in [0, 0.05) is 32.3 Å². The highest BCUT2D eigenvalue weighted by Crippen LogP contribution is 2.23. The van der Waals surface area contributed by atoms with Crippen LogP contribution in [0.1, 0.15) is 29.3 Å². The van der Waals surface area contributed by atoms with Gasteiger partial charge in [-0.1, -0.05) is 6.08 Å². The van der Waals surface area contributed by atoms with E-state index in [-0.39, 0.29) is 30.1 Å². The molecule has 2 aliphatic heterocycles. The maximum Gasteiger partial charge on any atom is 0.350 e. The van der Waals surface area contributed by atoms with Gasteiger partial charge in [0.05, 0.1) is 30.8 Å². The fourth-order valence-electron chi connectivity index (χ4n) is 3.17. The smallest absolute Gasteiger partial charge is 0.330 e. The van der Waals surface area contributed by atoms with Crippen LogP contribution in [0.4, 0.5) is 4.39 Å². The van der Waals surface area contributed by atoms with E-state index in [9.17, 15) is 14.0 Å². The number of likely N-dealkylation sites (tertiary alicyclic amines) is 1. The maximum atomic E-state index is 13.0. The minimum absolute atomic E-state index is 0.0648. The van der Waals surface area contributed by atoms with Gasteiger partial charge in [-0.2, -0.15) is 9.65 Å². The summed E-state index contributed by atoms with van der Waals surface area (Å²) in [7, 11) is 0. The summed E-state index contributed by atoms with van der Waals surface area (Å²) in [6, 6.07) is 0.484. The number of carbonyl (C=O) groups excluding carboxylic acids is 2. The highest BCUT2D eigenvalue weighted by molar-refractivity contribution is 5.88. The fourth-order valence-corrected chi connectivity index (χ4v) is 3.17. The lowest BCUT2D eigenvalue weighted by Crippen LogP contribution is -2.45. The second-order valence-corrected chi connectivity index (χ2v) is 6.22. The summed E-state index contributed by atoms with van der Waals surface area (Å²) in [4.78, 5) is 31.0. The summed E-state index contributed by atoms with van der Waals surface area (Å²) in [5, 5.41) is 8.72. The molecule has 0 aromatic carbocycles. The highest BCUT2D eigenvalue weighted by atomic mass is 19.1. The Hall–Kier alpha value is -2.53. The SMILES string of the molecule is CC1CN(C(=O)/C=C/CN2CC(C#N)C2)Cc2ncc(C(=O)F)n21. The zero-order chi connectivity index (χ0) is 17.3. The minimum Gasteiger partial charge on any atom is -0.330 e. The molecule has 7 nitrogen and oxygen atoms in total. The molecule has 0 aliphatic carbocycles. The third kappa shape index (κ3) is 3.08. The van der Waals surface area contributed by atoms with Crippen LogP contribution in [0.25, 0.3) is 0 Å². The van der Waals surface area contributed by atoms with Crippen molar-refractivity contribution in [2.75, 3.05) is 26.2 Å². The molecule has 3 heterocycles. The summed E-state index contributed by atoms with van der Waals surface area (Å²) < 4.78 is 14.6. The Kier molecular flexibility index (Phi) is 4.44. The van der Waals surface area contributed by atoms with Crippen LogP contribution in [0.2, 0.25) is 0 Å². The first-order valence-electron chi connectivity index (χ1n) is 7.83. The standard InChI is InChI=1S/C16H18FN5O2/c1-11-7-21(10-14-19-6-13(16(17)24)22(11)14)15(23)3-2-4-20-8-12(5-18)9-20/h2-3,6,11-12H,4,7-10H2,1H3/b3-2+. The van der Waals surface area contributed by atoms with Crippen molar-refractivity contribution < 1.29 is 14.0 Å². The molecule has 24 heavy (non-hydrogen) atoms. The van der Waals surface area contributed by atoms with Gasteiger partial charge in [0.2, 0.25) is 5.91 Å². The molecule has 0 bridgehead atoms. The highest BCUT2D eigenvalue weighted by Gasteiger charge is 2.29. The predicted molar refractivity (Wildman–Crippen MR) is 82.5 cm³/mol. The lowest BCUT2D eigenvalue weighted by Gasteiger charge is -2.34. The van der Waals surface area contributed by atoms with Gasteiger partial charge in [-0.05, 0) is 6.92 Å². The Labute approximate surface area is 139 Å². The number of amides is 1. The topological polar surface area (TPSA) is 82.2 Å². The number of imidazole rings is 1. The number of halogens is 1. The van der Waals surface area contributed by atoms with Crippen LogP contribution in [0.3, 0.4) is 0 Å². The molecule has 3 rings (SSSR count). The van der Waals surface area contributed by atoms with E-state index in [2.05, 4.69) is 16.0 Å². The quantitative estimate of drug-likeness (QED) is 0.605. The van der Waals surface area contributed by atoms with E-state index in [1.54, 1.807) is 15.5 Å². The van der Waals surface area contributed by atoms with Crippen LogP contribution in [-0.2, 0) is 11.3 Å². The molecule has 0 saturated carbocycles. The molecule has 1 fully saturated rings. The molecular weight excluding hydrogens is 313 g/mol. The number of carbonyl (C=O) groups is 2. The Morgan fingerprint density at radius 1 is 1.46 bits per heavy atom. The number of rotatable bonds is 4. The molecule has 1 saturated heterocycles. The zero-order valence-corrected chi connectivity index (χ0v) is 13.4. The van der Waals surface area contributed by atoms with Crippen LogP contribution in [0.15, 0.2) is 18.3 Å². The van der Waals surface area contributed by atoms with Gasteiger partial charge in [0.1, 0.15) is 11.5 Å². The first-order chi connectivity index (χ1) is 11.5. The van der Waals surface area contributed by atoms with Gasteiger partial charge in [0.15, 0.2) is 0 Å². The number of nitrogens with zero attached hydrogens (tertiary/aromatic N) is 5. The normalized spacial score (nSPS) is 21.4. The van der Waals surface area contributed by atoms with Crippen LogP contribution in [0.5, 0.6) is 0 Å². The molecule has 1 aromatic rings. The second kappa shape index (κ2) is 6.53. The van der Waals surface area contributed by atoms with Gasteiger partial charge in [-0.15, -0.1) is 0 Å². The monoisotopic (exact) mass is 331 g/mol. The van der Waals surface area contributed by atoms with Crippen LogP contribution >= 0.6 is 0 Å². The van der Waals surface area contributed by atoms with Gasteiger partial charge in [0.25, 0.3) is 0 Å². The molecule has 1 atom stereocenters. The van der Waals surface area contributed by atoms with Gasteiger partial charge >= 0.3 is 6.04 Å². The fraction of sp³-hybridized carbons (Fsp3) is 0.500. The van der Waals surface area contributed by atoms with Crippen molar-refractivity contribution in [1.82, 2.24) is 19.4 Å². The predicted octanol–water partition coefficient (Wildman–Crippen LogP) is 0.908. The van der Waals surface area contributed by atoms with E-state index in [0.717, 1.165) is 13.1 Å². The van der Waals surface area contributed by atoms with Gasteiger partial charge in [-0.25, -0.2) is 4.98 Å². The van der Waals surface area contributed by atoms with Gasteiger partial charge in [-0.3, -0.25) is 14.5 Å². The number of aromatic nitrogens is 2. The van der Waals surface area contributed by atoms with E-state index in [4.69, 9.17) is 5.26 Å². The van der Waals surface area contributed by atoms with Crippen molar-refractivity contribution in [3.63, 3.8) is 0 Å². The first kappa shape index (κ1) is 16.3. The molecule has 126 valence electrons. The Morgan fingerprint density at radius 3 is 2.88 bits per heavy atom. The first-order valence-corrected chi connectivity index (χ1v) is 7.83. The van der Waals surface area contributed by atoms with Crippen LogP contribution < -0.4 is 0 Å². The number of fused-ring (bicyclic) bond motifs is 1. The average Bonchev–Trinajstić information content (AvgIpc) is 2.94. The minimum atomic E-state index is -1.51. The van der Waals surface area contributed by atoms with Crippen molar-refractivity contribution >= 4 is 11.9 Å². The van der Waals surface area contributed by atoms with E-state index in [1.165, 1.54) is 12.3 Å². The summed E-state index contributed by atoms with van der Waals surface area (Å²) >= 11 is 0. The molecule has 1 amide bonds. The van der Waals surface area contributed by atoms with Crippen LogP contribution in [0, 0.1) is 17.2 Å². The molecule has 1 unspecified atom stereocenters. The van der Waals surface area contributed by atoms with Crippen LogP contribution in [-0.4, -0.2) is 57.5 Å². The summed E-state index contributed by atoms with van der Waals surface area (Å²) in [6.07, 6.45) is 4.53. The van der Waals surface area contributed by atoms with Crippen molar-refractivity contribution in [2.45, 2.75) is 19.5 Å². The van der Waals surface area contributed by atoms with Crippen molar-refractivity contribution in [3.05, 3.63) is 29.9 Å². The largest absolute Gasteiger partial charge is 0.350 e. The lowest BCUT2D eigenvalue weighted by molar-refractivity contribution is -0.128. The van der Waals surface area contributed by atoms with Crippen molar-refractivity contribution in [3.8, 4) is 6.07 Å². The third-order valence-corrected chi connectivity index (χ3v) is 4.41.